The van der Waals surface area contributed by atoms with Crippen LogP contribution in [0.1, 0.15) is 12.6 Å². The van der Waals surface area contributed by atoms with Crippen LogP contribution >= 0.6 is 0 Å². The monoisotopic (exact) mass is 181 g/mol. The summed E-state index contributed by atoms with van der Waals surface area (Å²) in [7, 11) is 1.92. The molecular weight excluding hydrogens is 166 g/mol. The van der Waals surface area contributed by atoms with E-state index in [-0.39, 0.29) is 5.60 Å². The Morgan fingerprint density at radius 1 is 1.62 bits per heavy atom. The third-order valence-corrected chi connectivity index (χ3v) is 2.54. The molecule has 0 aliphatic carbocycles. The van der Waals surface area contributed by atoms with E-state index in [4.69, 9.17) is 4.74 Å². The van der Waals surface area contributed by atoms with Crippen LogP contribution in [0.4, 0.5) is 0 Å². The second-order valence-electron chi connectivity index (χ2n) is 3.87. The Bertz CT molecular complexity index is 315. The van der Waals surface area contributed by atoms with Gasteiger partial charge in [-0.1, -0.05) is 0 Å². The number of hydrogen-bond acceptors (Lipinski definition) is 3. The molecule has 0 amide bonds. The van der Waals surface area contributed by atoms with Gasteiger partial charge in [-0.2, -0.15) is 5.10 Å². The molecule has 13 heavy (non-hydrogen) atoms. The molecule has 1 aliphatic rings. The van der Waals surface area contributed by atoms with Gasteiger partial charge in [0, 0.05) is 20.1 Å². The van der Waals surface area contributed by atoms with E-state index in [1.165, 1.54) is 0 Å². The number of rotatable bonds is 2. The zero-order valence-corrected chi connectivity index (χ0v) is 8.29. The number of aromatic nitrogens is 2. The predicted octanol–water partition coefficient (Wildman–Crippen LogP) is 0.469. The Balaban J connectivity index is 2.13. The molecule has 0 unspecified atom stereocenters. The molecule has 4 heteroatoms. The minimum absolute atomic E-state index is 0.0339. The maximum Gasteiger partial charge on any atom is 0.161 e. The van der Waals surface area contributed by atoms with Gasteiger partial charge in [-0.05, 0) is 13.8 Å². The number of ether oxygens (including phenoxy) is 1. The smallest absolute Gasteiger partial charge is 0.161 e. The van der Waals surface area contributed by atoms with E-state index in [2.05, 4.69) is 17.3 Å². The topological polar surface area (TPSA) is 39.1 Å². The van der Waals surface area contributed by atoms with Crippen LogP contribution in [0.15, 0.2) is 6.20 Å². The summed E-state index contributed by atoms with van der Waals surface area (Å²) in [6.45, 7) is 5.95. The normalized spacial score (nSPS) is 19.6. The molecule has 1 fully saturated rings. The molecule has 0 bridgehead atoms. The van der Waals surface area contributed by atoms with E-state index in [0.29, 0.717) is 0 Å². The molecule has 0 saturated carbocycles. The van der Waals surface area contributed by atoms with Crippen LogP contribution in [0.3, 0.4) is 0 Å². The Morgan fingerprint density at radius 2 is 2.31 bits per heavy atom. The summed E-state index contributed by atoms with van der Waals surface area (Å²) in [5.74, 6) is 0.895. The molecule has 1 aliphatic heterocycles. The highest BCUT2D eigenvalue weighted by Gasteiger charge is 2.34. The van der Waals surface area contributed by atoms with Crippen LogP contribution in [-0.4, -0.2) is 28.5 Å². The molecule has 4 nitrogen and oxygen atoms in total. The first-order valence-electron chi connectivity index (χ1n) is 4.49. The summed E-state index contributed by atoms with van der Waals surface area (Å²) in [4.78, 5) is 0. The Kier molecular flexibility index (Phi) is 1.80. The van der Waals surface area contributed by atoms with Gasteiger partial charge >= 0.3 is 0 Å². The highest BCUT2D eigenvalue weighted by atomic mass is 16.5. The third-order valence-electron chi connectivity index (χ3n) is 2.54. The first kappa shape index (κ1) is 8.56. The molecule has 0 aromatic carbocycles. The molecule has 0 atom stereocenters. The lowest BCUT2D eigenvalue weighted by Gasteiger charge is -2.39. The largest absolute Gasteiger partial charge is 0.481 e. The van der Waals surface area contributed by atoms with Crippen LogP contribution in [-0.2, 0) is 7.05 Å². The second kappa shape index (κ2) is 2.73. The first-order valence-corrected chi connectivity index (χ1v) is 4.49. The van der Waals surface area contributed by atoms with E-state index < -0.39 is 0 Å². The van der Waals surface area contributed by atoms with Gasteiger partial charge in [0.25, 0.3) is 0 Å². The quantitative estimate of drug-likeness (QED) is 0.721. The Morgan fingerprint density at radius 3 is 2.69 bits per heavy atom. The average molecular weight is 181 g/mol. The number of nitrogens with one attached hydrogen (secondary N) is 1. The number of nitrogens with zero attached hydrogens (tertiary/aromatic N) is 2. The van der Waals surface area contributed by atoms with Crippen molar-refractivity contribution >= 4 is 0 Å². The molecule has 1 aromatic rings. The van der Waals surface area contributed by atoms with Gasteiger partial charge in [0.1, 0.15) is 5.60 Å². The number of aryl methyl sites for hydroxylation is 1. The first-order chi connectivity index (χ1) is 6.11. The summed E-state index contributed by atoms with van der Waals surface area (Å²) in [6, 6.07) is 0. The molecule has 1 N–H and O–H groups in total. The van der Waals surface area contributed by atoms with Crippen molar-refractivity contribution in [2.75, 3.05) is 13.1 Å². The average Bonchev–Trinajstić information content (AvgIpc) is 2.33. The predicted molar refractivity (Wildman–Crippen MR) is 49.8 cm³/mol. The van der Waals surface area contributed by atoms with E-state index in [1.807, 2.05) is 18.7 Å². The molecule has 72 valence electrons. The second-order valence-corrected chi connectivity index (χ2v) is 3.87. The summed E-state index contributed by atoms with van der Waals surface area (Å²) < 4.78 is 7.67. The highest BCUT2D eigenvalue weighted by Crippen LogP contribution is 2.23. The van der Waals surface area contributed by atoms with Crippen molar-refractivity contribution < 1.29 is 4.74 Å². The van der Waals surface area contributed by atoms with Crippen LogP contribution in [0.5, 0.6) is 5.75 Å². The van der Waals surface area contributed by atoms with Crippen molar-refractivity contribution in [3.63, 3.8) is 0 Å². The van der Waals surface area contributed by atoms with Crippen molar-refractivity contribution in [2.45, 2.75) is 19.4 Å². The van der Waals surface area contributed by atoms with Crippen LogP contribution in [0.2, 0.25) is 0 Å². The zero-order valence-electron chi connectivity index (χ0n) is 8.29. The molecule has 1 aromatic heterocycles. The minimum Gasteiger partial charge on any atom is -0.481 e. The van der Waals surface area contributed by atoms with Gasteiger partial charge in [-0.15, -0.1) is 0 Å². The maximum atomic E-state index is 5.84. The van der Waals surface area contributed by atoms with Crippen LogP contribution in [0.25, 0.3) is 0 Å². The van der Waals surface area contributed by atoms with Gasteiger partial charge < -0.3 is 10.1 Å². The van der Waals surface area contributed by atoms with E-state index in [1.54, 1.807) is 6.20 Å². The van der Waals surface area contributed by atoms with Crippen molar-refractivity contribution in [1.29, 1.82) is 0 Å². The molecule has 2 heterocycles. The highest BCUT2D eigenvalue weighted by molar-refractivity contribution is 5.25. The van der Waals surface area contributed by atoms with Gasteiger partial charge in [0.15, 0.2) is 5.75 Å². The van der Waals surface area contributed by atoms with Gasteiger partial charge in [0.05, 0.1) is 11.9 Å². The molecule has 0 spiro atoms. The zero-order chi connectivity index (χ0) is 9.47. The van der Waals surface area contributed by atoms with Crippen molar-refractivity contribution in [2.24, 2.45) is 7.05 Å². The van der Waals surface area contributed by atoms with Crippen molar-refractivity contribution in [3.05, 3.63) is 11.9 Å². The summed E-state index contributed by atoms with van der Waals surface area (Å²) >= 11 is 0. The molecule has 1 saturated heterocycles. The number of hydrogen-bond donors (Lipinski definition) is 1. The maximum absolute atomic E-state index is 5.84. The van der Waals surface area contributed by atoms with Gasteiger partial charge in [0.2, 0.25) is 0 Å². The fourth-order valence-corrected chi connectivity index (χ4v) is 1.39. The molecular formula is C9H15N3O. The Hall–Kier alpha value is -1.03. The molecule has 2 rings (SSSR count). The minimum atomic E-state index is -0.0339. The van der Waals surface area contributed by atoms with E-state index >= 15 is 0 Å². The third kappa shape index (κ3) is 1.42. The van der Waals surface area contributed by atoms with E-state index in [9.17, 15) is 0 Å². The summed E-state index contributed by atoms with van der Waals surface area (Å²) in [5, 5.41) is 7.33. The summed E-state index contributed by atoms with van der Waals surface area (Å²) in [6.07, 6.45) is 1.78. The van der Waals surface area contributed by atoms with Crippen LogP contribution < -0.4 is 10.1 Å². The summed E-state index contributed by atoms with van der Waals surface area (Å²) in [5.41, 5.74) is 1.04. The Labute approximate surface area is 77.9 Å². The fraction of sp³-hybridized carbons (Fsp3) is 0.667. The van der Waals surface area contributed by atoms with Gasteiger partial charge in [-0.3, -0.25) is 4.68 Å². The standard InChI is InChI=1S/C9H15N3O/c1-7-8(4-11-12(7)3)13-9(2)5-10-6-9/h4,10H,5-6H2,1-3H3. The van der Waals surface area contributed by atoms with Crippen molar-refractivity contribution in [3.8, 4) is 5.75 Å². The lowest BCUT2D eigenvalue weighted by Crippen LogP contribution is -2.61. The van der Waals surface area contributed by atoms with Gasteiger partial charge in [-0.25, -0.2) is 0 Å². The lowest BCUT2D eigenvalue weighted by molar-refractivity contribution is 0.0341. The van der Waals surface area contributed by atoms with Crippen LogP contribution in [0, 0.1) is 6.92 Å². The lowest BCUT2D eigenvalue weighted by atomic mass is 10.00. The van der Waals surface area contributed by atoms with Crippen molar-refractivity contribution in [1.82, 2.24) is 15.1 Å². The molecule has 0 radical (unpaired) electrons. The fourth-order valence-electron chi connectivity index (χ4n) is 1.39. The van der Waals surface area contributed by atoms with E-state index in [0.717, 1.165) is 24.5 Å². The SMILES string of the molecule is Cc1c(OC2(C)CNC2)cnn1C.